The molecule has 3 heterocycles. The summed E-state index contributed by atoms with van der Waals surface area (Å²) in [6, 6.07) is 1.96. The predicted octanol–water partition coefficient (Wildman–Crippen LogP) is 2.48. The number of anilines is 1. The van der Waals surface area contributed by atoms with E-state index in [9.17, 15) is 4.79 Å². The number of ether oxygens (including phenoxy) is 1. The number of piperidine rings is 1. The van der Waals surface area contributed by atoms with E-state index in [2.05, 4.69) is 27.7 Å². The lowest BCUT2D eigenvalue weighted by Crippen LogP contribution is -2.47. The second-order valence-electron chi connectivity index (χ2n) is 8.37. The van der Waals surface area contributed by atoms with E-state index in [-0.39, 0.29) is 0 Å². The van der Waals surface area contributed by atoms with Gasteiger partial charge in [-0.15, -0.1) is 0 Å². The van der Waals surface area contributed by atoms with Crippen molar-refractivity contribution in [1.29, 1.82) is 0 Å². The molecule has 7 nitrogen and oxygen atoms in total. The van der Waals surface area contributed by atoms with Gasteiger partial charge < -0.3 is 15.0 Å². The maximum absolute atomic E-state index is 12.1. The fraction of sp³-hybridized carbons (Fsp3) is 0.778. The molecule has 0 aromatic carbocycles. The molecule has 1 aromatic rings. The second-order valence-corrected chi connectivity index (χ2v) is 8.37. The summed E-state index contributed by atoms with van der Waals surface area (Å²) in [6.07, 6.45) is 6.39. The van der Waals surface area contributed by atoms with Crippen LogP contribution in [0.1, 0.15) is 52.0 Å². The third-order valence-electron chi connectivity index (χ3n) is 5.31. The van der Waals surface area contributed by atoms with Crippen molar-refractivity contribution >= 4 is 11.9 Å². The monoisotopic (exact) mass is 349 g/mol. The number of fused-ring (bicyclic) bond motifs is 2. The molecular weight excluding hydrogens is 318 g/mol. The standard InChI is InChI=1S/C18H31N5O2/c1-18(2,3)25-17(24)21-16-12(11-20-23(16)5)10-19-13-8-14-6-7-15(9-13)22(14)4/h11,13-15,19H,6-10H2,1-5H3,(H,21,24). The van der Waals surface area contributed by atoms with Gasteiger partial charge >= 0.3 is 6.09 Å². The van der Waals surface area contributed by atoms with Crippen LogP contribution in [0.2, 0.25) is 0 Å². The van der Waals surface area contributed by atoms with Crippen molar-refractivity contribution in [3.8, 4) is 0 Å². The van der Waals surface area contributed by atoms with Gasteiger partial charge in [-0.1, -0.05) is 0 Å². The van der Waals surface area contributed by atoms with Crippen LogP contribution in [0.25, 0.3) is 0 Å². The first kappa shape index (κ1) is 18.2. The summed E-state index contributed by atoms with van der Waals surface area (Å²) in [4.78, 5) is 14.6. The average Bonchev–Trinajstić information content (AvgIpc) is 2.92. The zero-order chi connectivity index (χ0) is 18.2. The zero-order valence-corrected chi connectivity index (χ0v) is 16.0. The number of carbonyl (C=O) groups excluding carboxylic acids is 1. The Balaban J connectivity index is 1.58. The fourth-order valence-electron chi connectivity index (χ4n) is 4.01. The van der Waals surface area contributed by atoms with E-state index in [4.69, 9.17) is 4.74 Å². The van der Waals surface area contributed by atoms with Crippen molar-refractivity contribution < 1.29 is 9.53 Å². The summed E-state index contributed by atoms with van der Waals surface area (Å²) in [5.41, 5.74) is 0.466. The molecule has 2 atom stereocenters. The summed E-state index contributed by atoms with van der Waals surface area (Å²) in [6.45, 7) is 6.26. The van der Waals surface area contributed by atoms with E-state index < -0.39 is 11.7 Å². The molecule has 2 N–H and O–H groups in total. The summed E-state index contributed by atoms with van der Waals surface area (Å²) in [7, 11) is 4.08. The summed E-state index contributed by atoms with van der Waals surface area (Å²) in [5, 5.41) is 10.8. The van der Waals surface area contributed by atoms with Crippen molar-refractivity contribution in [1.82, 2.24) is 20.0 Å². The van der Waals surface area contributed by atoms with Crippen molar-refractivity contribution in [3.05, 3.63) is 11.8 Å². The Kier molecular flexibility index (Phi) is 5.06. The number of nitrogens with zero attached hydrogens (tertiary/aromatic N) is 3. The van der Waals surface area contributed by atoms with Gasteiger partial charge in [-0.25, -0.2) is 4.79 Å². The van der Waals surface area contributed by atoms with Crippen LogP contribution in [-0.4, -0.2) is 51.5 Å². The maximum Gasteiger partial charge on any atom is 0.413 e. The molecule has 0 aliphatic carbocycles. The molecule has 2 unspecified atom stereocenters. The largest absolute Gasteiger partial charge is 0.444 e. The van der Waals surface area contributed by atoms with Crippen molar-refractivity contribution in [2.75, 3.05) is 12.4 Å². The Bertz CT molecular complexity index is 607. The Morgan fingerprint density at radius 1 is 1.28 bits per heavy atom. The smallest absolute Gasteiger partial charge is 0.413 e. The van der Waals surface area contributed by atoms with Crippen LogP contribution in [0.15, 0.2) is 6.20 Å². The highest BCUT2D eigenvalue weighted by Crippen LogP contribution is 2.34. The Labute approximate surface area is 150 Å². The lowest BCUT2D eigenvalue weighted by Gasteiger charge is -2.36. The molecule has 2 aliphatic heterocycles. The van der Waals surface area contributed by atoms with Crippen molar-refractivity contribution in [2.24, 2.45) is 7.05 Å². The van der Waals surface area contributed by atoms with Gasteiger partial charge in [-0.3, -0.25) is 10.00 Å². The van der Waals surface area contributed by atoms with Crippen molar-refractivity contribution in [3.63, 3.8) is 0 Å². The van der Waals surface area contributed by atoms with E-state index in [1.54, 1.807) is 4.68 Å². The van der Waals surface area contributed by atoms with Crippen LogP contribution in [0.3, 0.4) is 0 Å². The molecule has 3 rings (SSSR count). The van der Waals surface area contributed by atoms with Gasteiger partial charge in [0.15, 0.2) is 0 Å². The zero-order valence-electron chi connectivity index (χ0n) is 16.0. The predicted molar refractivity (Wildman–Crippen MR) is 97.5 cm³/mol. The van der Waals surface area contributed by atoms with Crippen LogP contribution in [0, 0.1) is 0 Å². The van der Waals surface area contributed by atoms with Gasteiger partial charge in [0.1, 0.15) is 11.4 Å². The van der Waals surface area contributed by atoms with Crippen LogP contribution in [0.4, 0.5) is 10.6 Å². The number of nitrogens with one attached hydrogen (secondary N) is 2. The lowest BCUT2D eigenvalue weighted by molar-refractivity contribution is 0.0634. The van der Waals surface area contributed by atoms with Gasteiger partial charge in [0.05, 0.1) is 6.20 Å². The van der Waals surface area contributed by atoms with E-state index in [0.29, 0.717) is 30.5 Å². The Morgan fingerprint density at radius 2 is 1.92 bits per heavy atom. The molecule has 1 aromatic heterocycles. The molecule has 2 aliphatic rings. The van der Waals surface area contributed by atoms with Crippen molar-refractivity contribution in [2.45, 2.75) is 76.7 Å². The molecule has 2 fully saturated rings. The van der Waals surface area contributed by atoms with Gasteiger partial charge in [-0.05, 0) is 53.5 Å². The summed E-state index contributed by atoms with van der Waals surface area (Å²) >= 11 is 0. The van der Waals surface area contributed by atoms with Crippen LogP contribution in [-0.2, 0) is 18.3 Å². The number of hydrogen-bond acceptors (Lipinski definition) is 5. The number of aryl methyl sites for hydroxylation is 1. The van der Waals surface area contributed by atoms with E-state index in [1.165, 1.54) is 25.7 Å². The molecule has 140 valence electrons. The van der Waals surface area contributed by atoms with Gasteiger partial charge in [0, 0.05) is 37.3 Å². The number of amides is 1. The van der Waals surface area contributed by atoms with Gasteiger partial charge in [0.25, 0.3) is 0 Å². The first-order chi connectivity index (χ1) is 11.7. The normalized spacial score (nSPS) is 26.7. The topological polar surface area (TPSA) is 71.4 Å². The highest BCUT2D eigenvalue weighted by atomic mass is 16.6. The second kappa shape index (κ2) is 6.96. The molecule has 0 spiro atoms. The minimum absolute atomic E-state index is 0.449. The third kappa shape index (κ3) is 4.33. The molecular formula is C18H31N5O2. The first-order valence-electron chi connectivity index (χ1n) is 9.19. The number of carbonyl (C=O) groups is 1. The molecule has 1 amide bonds. The minimum atomic E-state index is -0.519. The number of rotatable bonds is 4. The Morgan fingerprint density at radius 3 is 2.52 bits per heavy atom. The highest BCUT2D eigenvalue weighted by Gasteiger charge is 2.38. The molecule has 0 saturated carbocycles. The first-order valence-corrected chi connectivity index (χ1v) is 9.19. The summed E-state index contributed by atoms with van der Waals surface area (Å²) in [5.74, 6) is 0.692. The highest BCUT2D eigenvalue weighted by molar-refractivity contribution is 5.84. The molecule has 2 bridgehead atoms. The number of aromatic nitrogens is 2. The van der Waals surface area contributed by atoms with Crippen LogP contribution < -0.4 is 10.6 Å². The SMILES string of the molecule is CN1C2CCC1CC(NCc1cnn(C)c1NC(=O)OC(C)(C)C)C2. The maximum atomic E-state index is 12.1. The quantitative estimate of drug-likeness (QED) is 0.874. The molecule has 7 heteroatoms. The Hall–Kier alpha value is -1.60. The van der Waals surface area contributed by atoms with Crippen LogP contribution >= 0.6 is 0 Å². The molecule has 0 radical (unpaired) electrons. The average molecular weight is 349 g/mol. The van der Waals surface area contributed by atoms with Crippen LogP contribution in [0.5, 0.6) is 0 Å². The molecule has 2 saturated heterocycles. The third-order valence-corrected chi connectivity index (χ3v) is 5.31. The van der Waals surface area contributed by atoms with E-state index >= 15 is 0 Å². The summed E-state index contributed by atoms with van der Waals surface area (Å²) < 4.78 is 7.03. The minimum Gasteiger partial charge on any atom is -0.444 e. The van der Waals surface area contributed by atoms with Gasteiger partial charge in [-0.2, -0.15) is 5.10 Å². The van der Waals surface area contributed by atoms with Gasteiger partial charge in [0.2, 0.25) is 0 Å². The lowest BCUT2D eigenvalue weighted by atomic mass is 9.98. The number of hydrogen-bond donors (Lipinski definition) is 2. The van der Waals surface area contributed by atoms with E-state index in [0.717, 1.165) is 5.56 Å². The molecule has 25 heavy (non-hydrogen) atoms. The fourth-order valence-corrected chi connectivity index (χ4v) is 4.01. The van der Waals surface area contributed by atoms with E-state index in [1.807, 2.05) is 34.0 Å².